The minimum absolute atomic E-state index is 0.0137. The number of sulfonamides is 1. The fourth-order valence-electron chi connectivity index (χ4n) is 1.99. The molecule has 1 fully saturated rings. The van der Waals surface area contributed by atoms with E-state index in [-0.39, 0.29) is 23.1 Å². The van der Waals surface area contributed by atoms with E-state index in [9.17, 15) is 13.2 Å². The van der Waals surface area contributed by atoms with E-state index < -0.39 is 16.0 Å². The Kier molecular flexibility index (Phi) is 4.40. The van der Waals surface area contributed by atoms with Crippen LogP contribution in [0.2, 0.25) is 0 Å². The maximum Gasteiger partial charge on any atom is 0.338 e. The van der Waals surface area contributed by atoms with Gasteiger partial charge >= 0.3 is 5.97 Å². The number of pyridine rings is 1. The summed E-state index contributed by atoms with van der Waals surface area (Å²) >= 11 is 0. The van der Waals surface area contributed by atoms with E-state index in [2.05, 4.69) is 9.71 Å². The average molecular weight is 332 g/mol. The van der Waals surface area contributed by atoms with Crippen LogP contribution >= 0.6 is 0 Å². The monoisotopic (exact) mass is 332 g/mol. The minimum atomic E-state index is -3.59. The van der Waals surface area contributed by atoms with Crippen LogP contribution in [-0.4, -0.2) is 25.4 Å². The number of nitrogens with one attached hydrogen (secondary N) is 1. The molecule has 0 saturated heterocycles. The summed E-state index contributed by atoms with van der Waals surface area (Å²) in [6, 6.07) is 11.2. The summed E-state index contributed by atoms with van der Waals surface area (Å²) in [4.78, 5) is 16.2. The van der Waals surface area contributed by atoms with Crippen LogP contribution in [-0.2, 0) is 21.4 Å². The highest BCUT2D eigenvalue weighted by atomic mass is 32.2. The highest BCUT2D eigenvalue weighted by Gasteiger charge is 2.28. The van der Waals surface area contributed by atoms with Gasteiger partial charge in [-0.15, -0.1) is 0 Å². The van der Waals surface area contributed by atoms with Gasteiger partial charge in [0.05, 0.1) is 16.2 Å². The lowest BCUT2D eigenvalue weighted by Crippen LogP contribution is -2.25. The van der Waals surface area contributed by atoms with Crippen LogP contribution in [0.5, 0.6) is 0 Å². The van der Waals surface area contributed by atoms with Crippen molar-refractivity contribution in [2.24, 2.45) is 0 Å². The minimum Gasteiger partial charge on any atom is -0.456 e. The highest BCUT2D eigenvalue weighted by Crippen LogP contribution is 2.22. The van der Waals surface area contributed by atoms with Crippen molar-refractivity contribution in [2.45, 2.75) is 30.4 Å². The molecule has 1 saturated carbocycles. The molecule has 0 radical (unpaired) electrons. The van der Waals surface area contributed by atoms with Crippen LogP contribution in [0.1, 0.15) is 28.9 Å². The first kappa shape index (κ1) is 15.6. The van der Waals surface area contributed by atoms with Crippen LogP contribution in [0.15, 0.2) is 53.6 Å². The summed E-state index contributed by atoms with van der Waals surface area (Å²) in [5, 5.41) is 0. The third-order valence-electron chi connectivity index (χ3n) is 3.36. The van der Waals surface area contributed by atoms with E-state index in [0.29, 0.717) is 5.69 Å². The molecule has 0 spiro atoms. The average Bonchev–Trinajstić information content (AvgIpc) is 3.37. The van der Waals surface area contributed by atoms with E-state index in [1.165, 1.54) is 24.3 Å². The lowest BCUT2D eigenvalue weighted by molar-refractivity contribution is 0.0467. The zero-order valence-corrected chi connectivity index (χ0v) is 13.1. The summed E-state index contributed by atoms with van der Waals surface area (Å²) in [6.07, 6.45) is 3.32. The van der Waals surface area contributed by atoms with Crippen LogP contribution in [0.4, 0.5) is 0 Å². The molecule has 0 unspecified atom stereocenters. The molecule has 3 rings (SSSR count). The Hall–Kier alpha value is -2.25. The van der Waals surface area contributed by atoms with E-state index in [0.717, 1.165) is 12.8 Å². The van der Waals surface area contributed by atoms with E-state index in [4.69, 9.17) is 4.74 Å². The first-order valence-electron chi connectivity index (χ1n) is 7.24. The molecule has 1 aromatic heterocycles. The summed E-state index contributed by atoms with van der Waals surface area (Å²) in [7, 11) is -3.59. The van der Waals surface area contributed by atoms with Crippen molar-refractivity contribution in [3.63, 3.8) is 0 Å². The van der Waals surface area contributed by atoms with Gasteiger partial charge in [-0.25, -0.2) is 17.9 Å². The van der Waals surface area contributed by atoms with Crippen molar-refractivity contribution in [3.05, 3.63) is 59.9 Å². The maximum atomic E-state index is 12.2. The quantitative estimate of drug-likeness (QED) is 0.816. The van der Waals surface area contributed by atoms with Crippen LogP contribution < -0.4 is 4.72 Å². The Morgan fingerprint density at radius 3 is 2.74 bits per heavy atom. The number of rotatable bonds is 6. The molecule has 120 valence electrons. The van der Waals surface area contributed by atoms with Gasteiger partial charge in [0.25, 0.3) is 0 Å². The van der Waals surface area contributed by atoms with Gasteiger partial charge in [0.2, 0.25) is 10.0 Å². The van der Waals surface area contributed by atoms with Crippen molar-refractivity contribution in [2.75, 3.05) is 0 Å². The Bertz CT molecular complexity index is 802. The molecule has 2 aromatic rings. The number of carbonyl (C=O) groups is 1. The largest absolute Gasteiger partial charge is 0.456 e. The fraction of sp³-hybridized carbons (Fsp3) is 0.250. The number of nitrogens with zero attached hydrogens (tertiary/aromatic N) is 1. The molecule has 1 aliphatic carbocycles. The summed E-state index contributed by atoms with van der Waals surface area (Å²) < 4.78 is 32.1. The van der Waals surface area contributed by atoms with Gasteiger partial charge in [-0.05, 0) is 43.2 Å². The number of hydrogen-bond acceptors (Lipinski definition) is 5. The number of carbonyl (C=O) groups excluding carboxylic acids is 1. The van der Waals surface area contributed by atoms with Gasteiger partial charge in [-0.3, -0.25) is 4.98 Å². The van der Waals surface area contributed by atoms with Gasteiger partial charge < -0.3 is 4.74 Å². The second kappa shape index (κ2) is 6.47. The van der Waals surface area contributed by atoms with Crippen molar-refractivity contribution in [1.82, 2.24) is 9.71 Å². The molecule has 0 bridgehead atoms. The van der Waals surface area contributed by atoms with E-state index in [1.807, 2.05) is 0 Å². The summed E-state index contributed by atoms with van der Waals surface area (Å²) in [5.41, 5.74) is 0.819. The lowest BCUT2D eigenvalue weighted by Gasteiger charge is -2.08. The topological polar surface area (TPSA) is 85.4 Å². The molecule has 1 aliphatic rings. The molecule has 1 aromatic carbocycles. The molecule has 0 atom stereocenters. The van der Waals surface area contributed by atoms with Gasteiger partial charge in [-0.1, -0.05) is 12.1 Å². The Labute approximate surface area is 134 Å². The number of benzene rings is 1. The second-order valence-electron chi connectivity index (χ2n) is 5.32. The molecule has 0 amide bonds. The standard InChI is InChI=1S/C16H16N2O4S/c19-16(22-11-14-5-1-2-9-17-14)12-4-3-6-15(10-12)23(20,21)18-13-7-8-13/h1-6,9-10,13,18H,7-8,11H2. The third kappa shape index (κ3) is 4.14. The molecule has 23 heavy (non-hydrogen) atoms. The number of ether oxygens (including phenoxy) is 1. The van der Waals surface area contributed by atoms with E-state index in [1.54, 1.807) is 24.4 Å². The van der Waals surface area contributed by atoms with Gasteiger partial charge in [0.15, 0.2) is 0 Å². The molecule has 7 heteroatoms. The van der Waals surface area contributed by atoms with Gasteiger partial charge in [-0.2, -0.15) is 0 Å². The second-order valence-corrected chi connectivity index (χ2v) is 7.03. The normalized spacial score (nSPS) is 14.4. The van der Waals surface area contributed by atoms with Crippen molar-refractivity contribution in [3.8, 4) is 0 Å². The van der Waals surface area contributed by atoms with Crippen molar-refractivity contribution >= 4 is 16.0 Å². The van der Waals surface area contributed by atoms with Gasteiger partial charge in [0.1, 0.15) is 6.61 Å². The highest BCUT2D eigenvalue weighted by molar-refractivity contribution is 7.89. The fourth-order valence-corrected chi connectivity index (χ4v) is 3.34. The molecular formula is C16H16N2O4S. The summed E-state index contributed by atoms with van der Waals surface area (Å²) in [5.74, 6) is -0.584. The zero-order valence-electron chi connectivity index (χ0n) is 12.3. The van der Waals surface area contributed by atoms with Crippen molar-refractivity contribution in [1.29, 1.82) is 0 Å². The molecule has 1 heterocycles. The SMILES string of the molecule is O=C(OCc1ccccn1)c1cccc(S(=O)(=O)NC2CC2)c1. The lowest BCUT2D eigenvalue weighted by atomic mass is 10.2. The smallest absolute Gasteiger partial charge is 0.338 e. The molecule has 1 N–H and O–H groups in total. The summed E-state index contributed by atoms with van der Waals surface area (Å²) in [6.45, 7) is 0.0387. The first-order valence-corrected chi connectivity index (χ1v) is 8.72. The number of esters is 1. The molecule has 6 nitrogen and oxygen atoms in total. The third-order valence-corrected chi connectivity index (χ3v) is 4.87. The Morgan fingerprint density at radius 1 is 1.22 bits per heavy atom. The van der Waals surface area contributed by atoms with Crippen LogP contribution in [0.25, 0.3) is 0 Å². The maximum absolute atomic E-state index is 12.2. The Balaban J connectivity index is 1.70. The number of hydrogen-bond donors (Lipinski definition) is 1. The first-order chi connectivity index (χ1) is 11.0. The van der Waals surface area contributed by atoms with Crippen LogP contribution in [0.3, 0.4) is 0 Å². The predicted molar refractivity (Wildman–Crippen MR) is 83.1 cm³/mol. The zero-order chi connectivity index (χ0) is 16.3. The van der Waals surface area contributed by atoms with Gasteiger partial charge in [0, 0.05) is 12.2 Å². The molecular weight excluding hydrogens is 316 g/mol. The number of aromatic nitrogens is 1. The molecule has 0 aliphatic heterocycles. The van der Waals surface area contributed by atoms with Crippen molar-refractivity contribution < 1.29 is 17.9 Å². The predicted octanol–water partition coefficient (Wildman–Crippen LogP) is 1.88. The Morgan fingerprint density at radius 2 is 2.04 bits per heavy atom. The van der Waals surface area contributed by atoms with E-state index >= 15 is 0 Å². The van der Waals surface area contributed by atoms with Crippen LogP contribution in [0, 0.1) is 0 Å².